The van der Waals surface area contributed by atoms with E-state index in [2.05, 4.69) is 10.6 Å². The van der Waals surface area contributed by atoms with Crippen LogP contribution >= 0.6 is 0 Å². The number of fused-ring (bicyclic) bond motifs is 3. The quantitative estimate of drug-likeness (QED) is 0.547. The maximum Gasteiger partial charge on any atom is 0.258 e. The molecule has 2 amide bonds. The molecule has 3 fully saturated rings. The van der Waals surface area contributed by atoms with E-state index in [4.69, 9.17) is 9.47 Å². The first-order chi connectivity index (χ1) is 16.2. The van der Waals surface area contributed by atoms with Crippen molar-refractivity contribution in [3.63, 3.8) is 0 Å². The number of ether oxygens (including phenoxy) is 2. The Labute approximate surface area is 196 Å². The minimum Gasteiger partial charge on any atom is -0.484 e. The average Bonchev–Trinajstić information content (AvgIpc) is 2.81. The van der Waals surface area contributed by atoms with Crippen molar-refractivity contribution >= 4 is 11.8 Å². The third-order valence-electron chi connectivity index (χ3n) is 6.81. The van der Waals surface area contributed by atoms with Gasteiger partial charge in [0.15, 0.2) is 13.2 Å². The first-order valence-electron chi connectivity index (χ1n) is 11.3. The molecule has 0 radical (unpaired) electrons. The van der Waals surface area contributed by atoms with Gasteiger partial charge in [-0.25, -0.2) is 8.78 Å². The van der Waals surface area contributed by atoms with Gasteiger partial charge in [-0.3, -0.25) is 9.59 Å². The van der Waals surface area contributed by atoms with Crippen LogP contribution in [0.4, 0.5) is 8.78 Å². The molecule has 0 aromatic heterocycles. The van der Waals surface area contributed by atoms with Crippen LogP contribution in [-0.4, -0.2) is 47.3 Å². The fourth-order valence-electron chi connectivity index (χ4n) is 4.80. The number of halogens is 2. The highest BCUT2D eigenvalue weighted by atomic mass is 19.1. The van der Waals surface area contributed by atoms with Crippen molar-refractivity contribution < 1.29 is 33.0 Å². The highest BCUT2D eigenvalue weighted by Gasteiger charge is 2.55. The van der Waals surface area contributed by atoms with Gasteiger partial charge in [-0.05, 0) is 74.9 Å². The molecule has 34 heavy (non-hydrogen) atoms. The van der Waals surface area contributed by atoms with E-state index in [0.29, 0.717) is 43.4 Å². The van der Waals surface area contributed by atoms with E-state index in [1.165, 1.54) is 30.3 Å². The van der Waals surface area contributed by atoms with Crippen molar-refractivity contribution in [1.29, 1.82) is 0 Å². The normalized spacial score (nSPS) is 25.5. The SMILES string of the molecule is Cc1ccc(OCC(=O)NC23CCC(NC(=O)COc4ccc(F)cc4)(CC2)[C@@H](O)C3)cc1F. The van der Waals surface area contributed by atoms with Crippen LogP contribution in [0.1, 0.15) is 37.7 Å². The summed E-state index contributed by atoms with van der Waals surface area (Å²) >= 11 is 0. The first-order valence-corrected chi connectivity index (χ1v) is 11.3. The Hall–Kier alpha value is -3.20. The van der Waals surface area contributed by atoms with E-state index < -0.39 is 28.8 Å². The van der Waals surface area contributed by atoms with Gasteiger partial charge in [0.05, 0.1) is 11.6 Å². The molecule has 0 aliphatic heterocycles. The minimum absolute atomic E-state index is 0.251. The van der Waals surface area contributed by atoms with E-state index >= 15 is 0 Å². The van der Waals surface area contributed by atoms with Crippen molar-refractivity contribution in [2.75, 3.05) is 13.2 Å². The molecule has 3 N–H and O–H groups in total. The van der Waals surface area contributed by atoms with E-state index in [9.17, 15) is 23.5 Å². The Bertz CT molecular complexity index is 1050. The highest BCUT2D eigenvalue weighted by molar-refractivity contribution is 5.79. The molecule has 3 saturated carbocycles. The predicted molar refractivity (Wildman–Crippen MR) is 119 cm³/mol. The zero-order valence-corrected chi connectivity index (χ0v) is 18.9. The lowest BCUT2D eigenvalue weighted by Crippen LogP contribution is -2.70. The summed E-state index contributed by atoms with van der Waals surface area (Å²) in [5.74, 6) is -0.873. The Kier molecular flexibility index (Phi) is 6.74. The van der Waals surface area contributed by atoms with Crippen molar-refractivity contribution in [1.82, 2.24) is 10.6 Å². The second-order valence-electron chi connectivity index (χ2n) is 9.20. The molecule has 3 aliphatic rings. The molecule has 3 aliphatic carbocycles. The molecular weight excluding hydrogens is 446 g/mol. The summed E-state index contributed by atoms with van der Waals surface area (Å²) in [7, 11) is 0. The zero-order chi connectivity index (χ0) is 24.3. The molecule has 9 heteroatoms. The summed E-state index contributed by atoms with van der Waals surface area (Å²) in [5, 5.41) is 16.7. The van der Waals surface area contributed by atoms with E-state index in [1.807, 2.05) is 0 Å². The molecule has 0 saturated heterocycles. The molecule has 0 unspecified atom stereocenters. The fourth-order valence-corrected chi connectivity index (χ4v) is 4.80. The van der Waals surface area contributed by atoms with Gasteiger partial charge in [0.1, 0.15) is 23.1 Å². The van der Waals surface area contributed by atoms with E-state index in [0.717, 1.165) is 0 Å². The van der Waals surface area contributed by atoms with Crippen molar-refractivity contribution in [2.45, 2.75) is 56.2 Å². The Morgan fingerprint density at radius 1 is 0.941 bits per heavy atom. The van der Waals surface area contributed by atoms with Crippen LogP contribution in [0, 0.1) is 18.6 Å². The van der Waals surface area contributed by atoms with Gasteiger partial charge < -0.3 is 25.2 Å². The van der Waals surface area contributed by atoms with Crippen LogP contribution in [0.3, 0.4) is 0 Å². The number of amides is 2. The summed E-state index contributed by atoms with van der Waals surface area (Å²) in [6, 6.07) is 9.79. The smallest absolute Gasteiger partial charge is 0.258 e. The van der Waals surface area contributed by atoms with Gasteiger partial charge in [0, 0.05) is 11.6 Å². The number of carbonyl (C=O) groups excluding carboxylic acids is 2. The summed E-state index contributed by atoms with van der Waals surface area (Å²) < 4.78 is 37.5. The number of aliphatic hydroxyl groups excluding tert-OH is 1. The van der Waals surface area contributed by atoms with Crippen molar-refractivity contribution in [3.8, 4) is 11.5 Å². The van der Waals surface area contributed by atoms with Crippen LogP contribution in [-0.2, 0) is 9.59 Å². The average molecular weight is 475 g/mol. The maximum atomic E-state index is 13.7. The first kappa shape index (κ1) is 23.9. The minimum atomic E-state index is -0.836. The van der Waals surface area contributed by atoms with Crippen LogP contribution < -0.4 is 20.1 Å². The second kappa shape index (κ2) is 9.58. The summed E-state index contributed by atoms with van der Waals surface area (Å²) in [6.45, 7) is 1.13. The Balaban J connectivity index is 1.27. The molecule has 182 valence electrons. The summed E-state index contributed by atoms with van der Waals surface area (Å²) in [5.41, 5.74) is -0.854. The van der Waals surface area contributed by atoms with Gasteiger partial charge in [-0.2, -0.15) is 0 Å². The molecule has 5 rings (SSSR count). The van der Waals surface area contributed by atoms with Gasteiger partial charge in [-0.15, -0.1) is 0 Å². The monoisotopic (exact) mass is 474 g/mol. The van der Waals surface area contributed by atoms with Gasteiger partial charge in [-0.1, -0.05) is 6.07 Å². The predicted octanol–water partition coefficient (Wildman–Crippen LogP) is 2.78. The molecule has 2 aromatic rings. The molecule has 2 bridgehead atoms. The fraction of sp³-hybridized carbons (Fsp3) is 0.440. The van der Waals surface area contributed by atoms with Crippen LogP contribution in [0.15, 0.2) is 42.5 Å². The van der Waals surface area contributed by atoms with Crippen LogP contribution in [0.25, 0.3) is 0 Å². The number of aliphatic hydroxyl groups is 1. The number of aryl methyl sites for hydroxylation is 1. The lowest BCUT2D eigenvalue weighted by molar-refractivity contribution is -0.137. The van der Waals surface area contributed by atoms with Crippen LogP contribution in [0.5, 0.6) is 11.5 Å². The third kappa shape index (κ3) is 5.30. The molecule has 0 spiro atoms. The second-order valence-corrected chi connectivity index (χ2v) is 9.20. The lowest BCUT2D eigenvalue weighted by Gasteiger charge is -2.56. The van der Waals surface area contributed by atoms with Crippen molar-refractivity contribution in [3.05, 3.63) is 59.7 Å². The van der Waals surface area contributed by atoms with E-state index in [1.54, 1.807) is 19.1 Å². The molecular formula is C25H28F2N2O5. The third-order valence-corrected chi connectivity index (χ3v) is 6.81. The number of carbonyl (C=O) groups is 2. The van der Waals surface area contributed by atoms with E-state index in [-0.39, 0.29) is 30.8 Å². The number of nitrogens with one attached hydrogen (secondary N) is 2. The highest BCUT2D eigenvalue weighted by Crippen LogP contribution is 2.47. The number of hydrogen-bond donors (Lipinski definition) is 3. The molecule has 2 aromatic carbocycles. The van der Waals surface area contributed by atoms with Gasteiger partial charge >= 0.3 is 0 Å². The summed E-state index contributed by atoms with van der Waals surface area (Å²) in [4.78, 5) is 25.0. The molecule has 7 nitrogen and oxygen atoms in total. The largest absolute Gasteiger partial charge is 0.484 e. The number of rotatable bonds is 8. The number of hydrogen-bond acceptors (Lipinski definition) is 5. The standard InChI is InChI=1S/C25H28F2N2O5/c1-16-2-5-19(12-20(16)27)34-14-22(31)28-24-8-10-25(11-9-24,21(30)13-24)29-23(32)15-33-18-6-3-17(26)4-7-18/h2-7,12,21,30H,8-11,13-15H2,1H3,(H,28,31)(H,29,32)/t21-,24?,25?/m0/s1. The van der Waals surface area contributed by atoms with Crippen molar-refractivity contribution in [2.24, 2.45) is 0 Å². The molecule has 1 atom stereocenters. The topological polar surface area (TPSA) is 96.9 Å². The maximum absolute atomic E-state index is 13.7. The Morgan fingerprint density at radius 2 is 1.53 bits per heavy atom. The Morgan fingerprint density at radius 3 is 2.15 bits per heavy atom. The van der Waals surface area contributed by atoms with Gasteiger partial charge in [0.2, 0.25) is 0 Å². The lowest BCUT2D eigenvalue weighted by atomic mass is 9.60. The molecule has 0 heterocycles. The zero-order valence-electron chi connectivity index (χ0n) is 18.9. The van der Waals surface area contributed by atoms with Crippen LogP contribution in [0.2, 0.25) is 0 Å². The van der Waals surface area contributed by atoms with Gasteiger partial charge in [0.25, 0.3) is 11.8 Å². The number of benzene rings is 2. The summed E-state index contributed by atoms with van der Waals surface area (Å²) in [6.07, 6.45) is 1.65.